The number of nitrogens with zero attached hydrogens (tertiary/aromatic N) is 2. The molecule has 2 bridgehead atoms. The average molecular weight is 732 g/mol. The Morgan fingerprint density at radius 3 is 2.31 bits per heavy atom. The number of carbonyl (C=O) groups is 2. The maximum Gasteiger partial charge on any atom is 0.416 e. The summed E-state index contributed by atoms with van der Waals surface area (Å²) >= 11 is 0. The highest BCUT2D eigenvalue weighted by atomic mass is 19.4. The quantitative estimate of drug-likeness (QED) is 0.163. The largest absolute Gasteiger partial charge is 0.481 e. The van der Waals surface area contributed by atoms with Gasteiger partial charge in [0.05, 0.1) is 30.7 Å². The molecule has 2 aliphatic rings. The van der Waals surface area contributed by atoms with Gasteiger partial charge in [0, 0.05) is 48.1 Å². The molecule has 1 aromatic heterocycles. The van der Waals surface area contributed by atoms with Crippen LogP contribution >= 0.6 is 0 Å². The first-order valence-electron chi connectivity index (χ1n) is 16.8. The van der Waals surface area contributed by atoms with Crippen LogP contribution in [0.3, 0.4) is 0 Å². The lowest BCUT2D eigenvalue weighted by Crippen LogP contribution is -2.41. The number of halogens is 6. The van der Waals surface area contributed by atoms with Crippen LogP contribution in [0.4, 0.5) is 26.3 Å². The number of fused-ring (bicyclic) bond motifs is 2. The van der Waals surface area contributed by atoms with Crippen LogP contribution in [-0.4, -0.2) is 58.3 Å². The van der Waals surface area contributed by atoms with Crippen molar-refractivity contribution in [2.45, 2.75) is 83.8 Å². The van der Waals surface area contributed by atoms with E-state index in [-0.39, 0.29) is 70.8 Å². The van der Waals surface area contributed by atoms with Gasteiger partial charge in [-0.05, 0) is 79.5 Å². The number of hydrogen-bond acceptors (Lipinski definition) is 5. The van der Waals surface area contributed by atoms with Crippen molar-refractivity contribution in [2.24, 2.45) is 5.92 Å². The number of carboxylic acid groups (broad SMARTS) is 1. The van der Waals surface area contributed by atoms with Crippen molar-refractivity contribution >= 4 is 11.9 Å². The SMILES string of the molecule is C#Cc1cc(F)c(C(CC(=O)O)NC(=O)C(CC(C)C)n2cc(CCN3C[C@H]4C[C@@H]3CO4)c(C(F)(F)F)cc2=O)c(F)c1-c1c(C)cc(F)cc1C. The van der Waals surface area contributed by atoms with Gasteiger partial charge in [0.2, 0.25) is 5.91 Å². The summed E-state index contributed by atoms with van der Waals surface area (Å²) in [6, 6.07) is 0.217. The number of hydrogen-bond donors (Lipinski definition) is 2. The topological polar surface area (TPSA) is 101 Å². The zero-order chi connectivity index (χ0) is 38.2. The number of nitrogens with one attached hydrogen (secondary N) is 1. The normalized spacial score (nSPS) is 18.4. The number of pyridine rings is 1. The second-order valence-corrected chi connectivity index (χ2v) is 13.9. The zero-order valence-electron chi connectivity index (χ0n) is 29.0. The monoisotopic (exact) mass is 731 g/mol. The molecule has 0 saturated carbocycles. The summed E-state index contributed by atoms with van der Waals surface area (Å²) in [5.74, 6) is -3.86. The number of aliphatic carboxylic acids is 1. The van der Waals surface area contributed by atoms with Crippen LogP contribution < -0.4 is 10.9 Å². The van der Waals surface area contributed by atoms with E-state index in [1.807, 2.05) is 4.90 Å². The number of carbonyl (C=O) groups excluding carboxylic acids is 1. The van der Waals surface area contributed by atoms with E-state index in [9.17, 15) is 37.1 Å². The van der Waals surface area contributed by atoms with Gasteiger partial charge in [-0.25, -0.2) is 13.2 Å². The van der Waals surface area contributed by atoms with Gasteiger partial charge in [0.1, 0.15) is 23.5 Å². The summed E-state index contributed by atoms with van der Waals surface area (Å²) in [6.45, 7) is 7.66. The van der Waals surface area contributed by atoms with Gasteiger partial charge in [0.25, 0.3) is 5.56 Å². The summed E-state index contributed by atoms with van der Waals surface area (Å²) in [6.07, 6.45) is 1.30. The lowest BCUT2D eigenvalue weighted by Gasteiger charge is -2.28. The standard InChI is InChI=1S/C38H39F6N3O5/c1-6-22-12-28(40)35(36(41)34(22)33-20(4)10-24(39)11-21(33)5)29(15-32(49)50)45-37(51)30(9-19(2)3)47-16-23(27(14-31(47)48)38(42,43)44)7-8-46-17-26-13-25(46)18-52-26/h1,10-12,14,16,19,25-26,29-30H,7-9,13,15,17-18H2,2-5H3,(H,45,51)(H,49,50)/t25-,26-,29?,30?/m1/s1. The second-order valence-electron chi connectivity index (χ2n) is 13.9. The summed E-state index contributed by atoms with van der Waals surface area (Å²) < 4.78 is 95.6. The summed E-state index contributed by atoms with van der Waals surface area (Å²) in [5.41, 5.74) is -3.25. The zero-order valence-corrected chi connectivity index (χ0v) is 29.0. The Bertz CT molecular complexity index is 1960. The Morgan fingerprint density at radius 1 is 1.10 bits per heavy atom. The lowest BCUT2D eigenvalue weighted by molar-refractivity contribution is -0.139. The molecular weight excluding hydrogens is 692 g/mol. The van der Waals surface area contributed by atoms with Gasteiger partial charge in [-0.15, -0.1) is 6.42 Å². The van der Waals surface area contributed by atoms with Gasteiger partial charge >= 0.3 is 12.1 Å². The number of aromatic nitrogens is 1. The Morgan fingerprint density at radius 2 is 1.77 bits per heavy atom. The summed E-state index contributed by atoms with van der Waals surface area (Å²) in [7, 11) is 0. The molecule has 5 rings (SSSR count). The van der Waals surface area contributed by atoms with Crippen LogP contribution in [0.15, 0.2) is 35.3 Å². The number of rotatable bonds is 12. The van der Waals surface area contributed by atoms with E-state index in [1.165, 1.54) is 13.8 Å². The van der Waals surface area contributed by atoms with Crippen LogP contribution in [0.2, 0.25) is 0 Å². The Kier molecular flexibility index (Phi) is 11.3. The third kappa shape index (κ3) is 8.05. The maximum absolute atomic E-state index is 16.6. The first-order chi connectivity index (χ1) is 24.4. The highest BCUT2D eigenvalue weighted by molar-refractivity contribution is 5.83. The number of likely N-dealkylation sites (tertiary alicyclic amines) is 1. The number of alkyl halides is 3. The van der Waals surface area contributed by atoms with Crippen molar-refractivity contribution in [3.05, 3.63) is 91.6 Å². The van der Waals surface area contributed by atoms with E-state index in [4.69, 9.17) is 11.2 Å². The molecule has 3 heterocycles. The molecule has 4 atom stereocenters. The van der Waals surface area contributed by atoms with Crippen molar-refractivity contribution in [2.75, 3.05) is 19.7 Å². The van der Waals surface area contributed by atoms with Crippen LogP contribution in [0, 0.1) is 49.6 Å². The minimum absolute atomic E-state index is 0.0103. The Labute approximate surface area is 296 Å². The molecule has 52 heavy (non-hydrogen) atoms. The number of ether oxygens (including phenoxy) is 1. The molecule has 0 aliphatic carbocycles. The van der Waals surface area contributed by atoms with Gasteiger partial charge in [0.15, 0.2) is 0 Å². The first kappa shape index (κ1) is 38.6. The highest BCUT2D eigenvalue weighted by Gasteiger charge is 2.40. The van der Waals surface area contributed by atoms with E-state index >= 15 is 8.78 Å². The third-order valence-corrected chi connectivity index (χ3v) is 9.68. The van der Waals surface area contributed by atoms with Gasteiger partial charge in [-0.2, -0.15) is 13.2 Å². The van der Waals surface area contributed by atoms with Crippen molar-refractivity contribution in [1.29, 1.82) is 0 Å². The van der Waals surface area contributed by atoms with E-state index in [1.54, 1.807) is 13.8 Å². The summed E-state index contributed by atoms with van der Waals surface area (Å²) in [5, 5.41) is 12.2. The molecule has 1 amide bonds. The number of carboxylic acids is 1. The van der Waals surface area contributed by atoms with E-state index in [0.717, 1.165) is 35.4 Å². The molecule has 2 fully saturated rings. The fraction of sp³-hybridized carbons (Fsp3) is 0.447. The number of aryl methyl sites for hydroxylation is 2. The van der Waals surface area contributed by atoms with Crippen molar-refractivity contribution in [3.63, 3.8) is 0 Å². The molecule has 2 N–H and O–H groups in total. The fourth-order valence-corrected chi connectivity index (χ4v) is 7.39. The van der Waals surface area contributed by atoms with Crippen molar-refractivity contribution in [1.82, 2.24) is 14.8 Å². The van der Waals surface area contributed by atoms with Crippen LogP contribution in [0.25, 0.3) is 11.1 Å². The lowest BCUT2D eigenvalue weighted by atomic mass is 9.88. The van der Waals surface area contributed by atoms with Crippen LogP contribution in [-0.2, 0) is 26.9 Å². The molecule has 3 aromatic rings. The smallest absolute Gasteiger partial charge is 0.416 e. The number of terminal acetylenes is 1. The van der Waals surface area contributed by atoms with Crippen LogP contribution in [0.1, 0.15) is 78.6 Å². The van der Waals surface area contributed by atoms with Crippen LogP contribution in [0.5, 0.6) is 0 Å². The minimum Gasteiger partial charge on any atom is -0.481 e. The predicted molar refractivity (Wildman–Crippen MR) is 180 cm³/mol. The molecule has 2 unspecified atom stereocenters. The molecule has 14 heteroatoms. The molecular formula is C38H39F6N3O5. The van der Waals surface area contributed by atoms with E-state index in [2.05, 4.69) is 11.2 Å². The molecule has 0 radical (unpaired) electrons. The predicted octanol–water partition coefficient (Wildman–Crippen LogP) is 6.48. The molecule has 2 saturated heterocycles. The van der Waals surface area contributed by atoms with E-state index in [0.29, 0.717) is 19.2 Å². The van der Waals surface area contributed by atoms with Crippen molar-refractivity contribution < 1.29 is 45.8 Å². The van der Waals surface area contributed by atoms with Gasteiger partial charge < -0.3 is 19.7 Å². The van der Waals surface area contributed by atoms with Gasteiger partial charge in [-0.1, -0.05) is 19.8 Å². The number of amides is 1. The maximum atomic E-state index is 16.6. The van der Waals surface area contributed by atoms with E-state index < -0.39 is 70.7 Å². The highest BCUT2D eigenvalue weighted by Crippen LogP contribution is 2.39. The molecule has 278 valence electrons. The number of morpholine rings is 1. The second kappa shape index (κ2) is 15.2. The molecule has 0 spiro atoms. The Hall–Kier alpha value is -4.61. The molecule has 2 aliphatic heterocycles. The average Bonchev–Trinajstić information content (AvgIpc) is 3.66. The molecule has 2 aromatic carbocycles. The fourth-order valence-electron chi connectivity index (χ4n) is 7.39. The third-order valence-electron chi connectivity index (χ3n) is 9.68. The van der Waals surface area contributed by atoms with Gasteiger partial charge in [-0.3, -0.25) is 19.3 Å². The first-order valence-corrected chi connectivity index (χ1v) is 16.8. The summed E-state index contributed by atoms with van der Waals surface area (Å²) in [4.78, 5) is 41.5. The Balaban J connectivity index is 1.57. The van der Waals surface area contributed by atoms with Crippen molar-refractivity contribution in [3.8, 4) is 23.5 Å². The number of benzene rings is 2. The minimum atomic E-state index is -4.87. The molecule has 8 nitrogen and oxygen atoms in total.